The first-order valence-electron chi connectivity index (χ1n) is 14.7. The third-order valence-electron chi connectivity index (χ3n) is 10.2. The van der Waals surface area contributed by atoms with Gasteiger partial charge in [0.2, 0.25) is 0 Å². The summed E-state index contributed by atoms with van der Waals surface area (Å²) in [4.78, 5) is 18.4. The van der Waals surface area contributed by atoms with Gasteiger partial charge < -0.3 is 19.3 Å². The molecule has 7 nitrogen and oxygen atoms in total. The molecule has 9 heteroatoms. The molecule has 2 saturated heterocycles. The molecule has 39 heavy (non-hydrogen) atoms. The van der Waals surface area contributed by atoms with Gasteiger partial charge in [-0.1, -0.05) is 16.5 Å². The fourth-order valence-corrected chi connectivity index (χ4v) is 8.80. The van der Waals surface area contributed by atoms with Crippen LogP contribution in [0.5, 0.6) is 0 Å². The summed E-state index contributed by atoms with van der Waals surface area (Å²) in [5.74, 6) is 0.404. The SMILES string of the molecule is O=C(O)c1cc(F)c2nc(N3C4CCC3CC(OCc3c(C5CCC6(CC5)CC6)noc3C3CC3)C4)sc2c1. The zero-order chi connectivity index (χ0) is 26.3. The van der Waals surface area contributed by atoms with Gasteiger partial charge in [-0.3, -0.25) is 0 Å². The average Bonchev–Trinajstić information content (AvgIpc) is 3.80. The average molecular weight is 552 g/mol. The van der Waals surface area contributed by atoms with E-state index in [0.29, 0.717) is 40.6 Å². The van der Waals surface area contributed by atoms with Crippen LogP contribution < -0.4 is 4.90 Å². The fourth-order valence-electron chi connectivity index (χ4n) is 7.64. The van der Waals surface area contributed by atoms with Crippen LogP contribution in [0, 0.1) is 11.2 Å². The van der Waals surface area contributed by atoms with E-state index in [-0.39, 0.29) is 17.2 Å². The van der Waals surface area contributed by atoms with E-state index in [1.54, 1.807) is 0 Å². The number of hydrogen-bond donors (Lipinski definition) is 1. The van der Waals surface area contributed by atoms with Crippen molar-refractivity contribution >= 4 is 32.7 Å². The summed E-state index contributed by atoms with van der Waals surface area (Å²) in [5, 5.41) is 14.7. The molecule has 2 bridgehead atoms. The zero-order valence-corrected chi connectivity index (χ0v) is 22.9. The van der Waals surface area contributed by atoms with Crippen LogP contribution in [0.25, 0.3) is 10.2 Å². The minimum atomic E-state index is -1.13. The highest BCUT2D eigenvalue weighted by Gasteiger charge is 2.47. The van der Waals surface area contributed by atoms with Gasteiger partial charge in [0.25, 0.3) is 0 Å². The zero-order valence-electron chi connectivity index (χ0n) is 22.0. The smallest absolute Gasteiger partial charge is 0.335 e. The lowest BCUT2D eigenvalue weighted by atomic mass is 9.77. The Morgan fingerprint density at radius 2 is 1.82 bits per heavy atom. The third-order valence-corrected chi connectivity index (χ3v) is 11.3. The van der Waals surface area contributed by atoms with Crippen molar-refractivity contribution in [1.29, 1.82) is 0 Å². The summed E-state index contributed by atoms with van der Waals surface area (Å²) < 4.78 is 27.8. The Labute approximate surface area is 230 Å². The van der Waals surface area contributed by atoms with Gasteiger partial charge in [0.1, 0.15) is 11.3 Å². The highest BCUT2D eigenvalue weighted by atomic mass is 32.1. The topological polar surface area (TPSA) is 88.7 Å². The van der Waals surface area contributed by atoms with Gasteiger partial charge in [-0.25, -0.2) is 14.2 Å². The standard InChI is InChI=1S/C30H34FN3O4S/c31-23-11-18(28(35)36)12-24-26(23)32-29(39-24)34-19-3-4-20(34)14-21(13-19)37-15-22-25(33-38-27(22)17-1-2-17)16-5-7-30(8-6-16)9-10-30/h11-12,16-17,19-21H,1-10,13-15H2,(H,35,36). The normalized spacial score (nSPS) is 28.0. The first-order chi connectivity index (χ1) is 19.0. The number of ether oxygens (including phenoxy) is 1. The molecule has 5 aliphatic rings. The quantitative estimate of drug-likeness (QED) is 0.333. The van der Waals surface area contributed by atoms with Gasteiger partial charge in [0.05, 0.1) is 28.7 Å². The van der Waals surface area contributed by atoms with Crippen molar-refractivity contribution in [2.45, 2.75) is 114 Å². The first-order valence-corrected chi connectivity index (χ1v) is 15.5. The van der Waals surface area contributed by atoms with E-state index < -0.39 is 11.8 Å². The lowest BCUT2D eigenvalue weighted by Gasteiger charge is -2.38. The minimum absolute atomic E-state index is 0.0378. The number of carboxylic acid groups (broad SMARTS) is 1. The van der Waals surface area contributed by atoms with E-state index in [9.17, 15) is 14.3 Å². The number of nitrogens with zero attached hydrogens (tertiary/aromatic N) is 3. The Bertz CT molecular complexity index is 1420. The Kier molecular flexibility index (Phi) is 5.60. The number of halogens is 1. The van der Waals surface area contributed by atoms with Crippen molar-refractivity contribution in [3.63, 3.8) is 0 Å². The van der Waals surface area contributed by atoms with Crippen molar-refractivity contribution in [3.8, 4) is 0 Å². The van der Waals surface area contributed by atoms with Gasteiger partial charge >= 0.3 is 5.97 Å². The monoisotopic (exact) mass is 551 g/mol. The second-order valence-electron chi connectivity index (χ2n) is 12.8. The summed E-state index contributed by atoms with van der Waals surface area (Å²) in [6, 6.07) is 3.20. The number of rotatable bonds is 7. The predicted octanol–water partition coefficient (Wildman–Crippen LogP) is 7.15. The molecule has 4 heterocycles. The molecular formula is C30H34FN3O4S. The van der Waals surface area contributed by atoms with Crippen LogP contribution in [0.15, 0.2) is 16.7 Å². The Morgan fingerprint density at radius 3 is 2.49 bits per heavy atom. The number of hydrogen-bond acceptors (Lipinski definition) is 7. The Balaban J connectivity index is 0.977. The van der Waals surface area contributed by atoms with Crippen molar-refractivity contribution < 1.29 is 23.6 Å². The predicted molar refractivity (Wildman–Crippen MR) is 145 cm³/mol. The van der Waals surface area contributed by atoms with E-state index in [1.165, 1.54) is 80.0 Å². The first kappa shape index (κ1) is 24.3. The van der Waals surface area contributed by atoms with Crippen LogP contribution in [0.1, 0.15) is 116 Å². The molecule has 5 fully saturated rings. The third kappa shape index (κ3) is 4.27. The molecule has 2 atom stereocenters. The van der Waals surface area contributed by atoms with E-state index in [0.717, 1.165) is 42.6 Å². The van der Waals surface area contributed by atoms with Gasteiger partial charge in [-0.05, 0) is 94.6 Å². The minimum Gasteiger partial charge on any atom is -0.478 e. The Morgan fingerprint density at radius 1 is 1.08 bits per heavy atom. The second-order valence-corrected chi connectivity index (χ2v) is 13.8. The maximum Gasteiger partial charge on any atom is 0.335 e. The molecule has 2 aromatic heterocycles. The van der Waals surface area contributed by atoms with Crippen molar-refractivity contribution in [3.05, 3.63) is 40.5 Å². The number of carbonyl (C=O) groups is 1. The lowest BCUT2D eigenvalue weighted by Crippen LogP contribution is -2.45. The summed E-state index contributed by atoms with van der Waals surface area (Å²) in [6.45, 7) is 0.584. The molecule has 3 aliphatic carbocycles. The van der Waals surface area contributed by atoms with Crippen molar-refractivity contribution in [1.82, 2.24) is 10.1 Å². The maximum atomic E-state index is 14.6. The maximum absolute atomic E-state index is 14.6. The number of aromatic nitrogens is 2. The molecule has 0 amide bonds. The number of carboxylic acids is 1. The Hall–Kier alpha value is -2.52. The number of fused-ring (bicyclic) bond motifs is 3. The summed E-state index contributed by atoms with van der Waals surface area (Å²) in [6.07, 6.45) is 14.5. The van der Waals surface area contributed by atoms with Crippen LogP contribution >= 0.6 is 11.3 Å². The lowest BCUT2D eigenvalue weighted by molar-refractivity contribution is 0.0140. The number of thiazole rings is 1. The molecule has 3 saturated carbocycles. The molecule has 1 spiro atoms. The van der Waals surface area contributed by atoms with Crippen LogP contribution in [0.2, 0.25) is 0 Å². The van der Waals surface area contributed by atoms with Gasteiger partial charge in [-0.15, -0.1) is 0 Å². The van der Waals surface area contributed by atoms with E-state index in [4.69, 9.17) is 9.26 Å². The largest absolute Gasteiger partial charge is 0.478 e. The van der Waals surface area contributed by atoms with E-state index >= 15 is 0 Å². The van der Waals surface area contributed by atoms with Crippen LogP contribution in [-0.2, 0) is 11.3 Å². The molecule has 3 aromatic rings. The molecule has 206 valence electrons. The summed E-state index contributed by atoms with van der Waals surface area (Å²) in [7, 11) is 0. The van der Waals surface area contributed by atoms with Gasteiger partial charge in [0, 0.05) is 29.5 Å². The molecule has 2 unspecified atom stereocenters. The van der Waals surface area contributed by atoms with Crippen LogP contribution in [0.3, 0.4) is 0 Å². The molecule has 8 rings (SSSR count). The molecule has 1 N–H and O–H groups in total. The molecule has 0 radical (unpaired) electrons. The number of benzene rings is 1. The molecule has 2 aliphatic heterocycles. The van der Waals surface area contributed by atoms with Crippen LogP contribution in [0.4, 0.5) is 9.52 Å². The van der Waals surface area contributed by atoms with Crippen LogP contribution in [-0.4, -0.2) is 39.4 Å². The number of anilines is 1. The van der Waals surface area contributed by atoms with Crippen molar-refractivity contribution in [2.75, 3.05) is 4.90 Å². The fraction of sp³-hybridized carbons (Fsp3) is 0.633. The summed E-state index contributed by atoms with van der Waals surface area (Å²) >= 11 is 1.39. The number of aromatic carboxylic acids is 1. The highest BCUT2D eigenvalue weighted by molar-refractivity contribution is 7.22. The van der Waals surface area contributed by atoms with Crippen molar-refractivity contribution in [2.24, 2.45) is 5.41 Å². The molecular weight excluding hydrogens is 517 g/mol. The highest BCUT2D eigenvalue weighted by Crippen LogP contribution is 2.59. The van der Waals surface area contributed by atoms with E-state index in [1.807, 2.05) is 0 Å². The second kappa shape index (κ2) is 8.99. The van der Waals surface area contributed by atoms with Gasteiger partial charge in [-0.2, -0.15) is 0 Å². The number of piperidine rings is 1. The van der Waals surface area contributed by atoms with E-state index in [2.05, 4.69) is 15.0 Å². The summed E-state index contributed by atoms with van der Waals surface area (Å²) in [5.41, 5.74) is 3.30. The molecule has 1 aromatic carbocycles. The van der Waals surface area contributed by atoms with Gasteiger partial charge in [0.15, 0.2) is 10.9 Å².